The summed E-state index contributed by atoms with van der Waals surface area (Å²) in [5.41, 5.74) is 4.83. The smallest absolute Gasteiger partial charge is 0.269 e. The molecule has 2 aromatic heterocycles. The van der Waals surface area contributed by atoms with Gasteiger partial charge in [0.1, 0.15) is 11.7 Å². The molecule has 0 spiro atoms. The maximum atomic E-state index is 13.1. The number of carbonyl (C=O) groups excluding carboxylic acids is 6. The van der Waals surface area contributed by atoms with E-state index in [1.54, 1.807) is 48.7 Å². The maximum Gasteiger partial charge on any atom is 0.269 e. The minimum atomic E-state index is -1.05. The van der Waals surface area contributed by atoms with Gasteiger partial charge in [-0.1, -0.05) is 18.2 Å². The zero-order valence-electron chi connectivity index (χ0n) is 29.8. The van der Waals surface area contributed by atoms with Gasteiger partial charge in [0.15, 0.2) is 5.76 Å². The van der Waals surface area contributed by atoms with Crippen molar-refractivity contribution in [1.29, 1.82) is 0 Å². The molecule has 5 aromatic rings. The second-order valence-corrected chi connectivity index (χ2v) is 13.3. The number of nitro benzene ring substituents is 1. The van der Waals surface area contributed by atoms with Crippen molar-refractivity contribution in [3.63, 3.8) is 0 Å². The number of rotatable bonds is 13. The van der Waals surface area contributed by atoms with Gasteiger partial charge < -0.3 is 15.1 Å². The van der Waals surface area contributed by atoms with Crippen LogP contribution in [0.15, 0.2) is 102 Å². The van der Waals surface area contributed by atoms with Gasteiger partial charge in [0.05, 0.1) is 28.0 Å². The van der Waals surface area contributed by atoms with Crippen molar-refractivity contribution in [3.8, 4) is 33.8 Å². The fraction of sp³-hybridized carbons (Fsp3) is 0.195. The van der Waals surface area contributed by atoms with Gasteiger partial charge in [-0.05, 0) is 96.6 Å². The van der Waals surface area contributed by atoms with E-state index in [9.17, 15) is 38.9 Å². The van der Waals surface area contributed by atoms with Crippen LogP contribution in [0.5, 0.6) is 0 Å². The van der Waals surface area contributed by atoms with Crippen LogP contribution in [0.1, 0.15) is 68.7 Å². The number of carbonyl (C=O) groups is 6. The van der Waals surface area contributed by atoms with Crippen LogP contribution in [0.25, 0.3) is 33.8 Å². The second-order valence-electron chi connectivity index (χ2n) is 13.3. The molecule has 0 bridgehead atoms. The average molecular weight is 755 g/mol. The van der Waals surface area contributed by atoms with Crippen LogP contribution in [0.4, 0.5) is 5.69 Å². The standard InChI is InChI=1S/C41H34N6O9/c48-36(43-23-24-6-15-30-31(20-24)41(53)46(40(30)52)34-16-17-37(49)45-39(34)51)5-1-2-18-42-38(50)27-9-7-25(8-10-27)28-21-32(26-11-13-29(14-12-26)47(54)55)44-33(22-28)35-4-3-19-56-35/h3-4,6-15,19-22,34H,1-2,5,16-18,23H2,(H,42,50)(H,43,48)(H,45,49,51). The molecule has 1 saturated heterocycles. The number of furan rings is 1. The Bertz CT molecular complexity index is 2370. The number of piperidine rings is 1. The molecule has 2 aliphatic heterocycles. The molecule has 0 saturated carbocycles. The number of fused-ring (bicyclic) bond motifs is 1. The molecule has 0 radical (unpaired) electrons. The van der Waals surface area contributed by atoms with E-state index >= 15 is 0 Å². The molecule has 7 rings (SSSR count). The number of hydrogen-bond donors (Lipinski definition) is 3. The Balaban J connectivity index is 0.884. The van der Waals surface area contributed by atoms with Crippen LogP contribution in [0, 0.1) is 10.1 Å². The minimum Gasteiger partial charge on any atom is -0.463 e. The highest BCUT2D eigenvalue weighted by Gasteiger charge is 2.44. The molecule has 1 fully saturated rings. The highest BCUT2D eigenvalue weighted by molar-refractivity contribution is 6.23. The predicted octanol–water partition coefficient (Wildman–Crippen LogP) is 5.20. The number of unbranched alkanes of at least 4 members (excludes halogenated alkanes) is 1. The van der Waals surface area contributed by atoms with Crippen molar-refractivity contribution in [3.05, 3.63) is 130 Å². The summed E-state index contributed by atoms with van der Waals surface area (Å²) in [6.45, 7) is 0.481. The first-order chi connectivity index (χ1) is 27.0. The summed E-state index contributed by atoms with van der Waals surface area (Å²) in [7, 11) is 0. The molecule has 6 amide bonds. The van der Waals surface area contributed by atoms with Gasteiger partial charge in [0, 0.05) is 49.2 Å². The molecule has 282 valence electrons. The Kier molecular flexibility index (Phi) is 10.6. The molecule has 3 aromatic carbocycles. The van der Waals surface area contributed by atoms with Crippen molar-refractivity contribution in [1.82, 2.24) is 25.8 Å². The summed E-state index contributed by atoms with van der Waals surface area (Å²) in [5, 5.41) is 19.0. The number of imide groups is 2. The van der Waals surface area contributed by atoms with E-state index in [0.717, 1.165) is 16.0 Å². The third-order valence-electron chi connectivity index (χ3n) is 9.56. The average Bonchev–Trinajstić information content (AvgIpc) is 3.83. The van der Waals surface area contributed by atoms with Gasteiger partial charge in [-0.15, -0.1) is 0 Å². The zero-order chi connectivity index (χ0) is 39.3. The number of nitrogens with zero attached hydrogens (tertiary/aromatic N) is 3. The zero-order valence-corrected chi connectivity index (χ0v) is 29.8. The van der Waals surface area contributed by atoms with Crippen LogP contribution < -0.4 is 16.0 Å². The molecular formula is C41H34N6O9. The Morgan fingerprint density at radius 2 is 1.57 bits per heavy atom. The van der Waals surface area contributed by atoms with E-state index in [0.29, 0.717) is 53.2 Å². The SMILES string of the molecule is O=C(CCCCNC(=O)c1ccc(-c2cc(-c3ccc([N+](=O)[O-])cc3)nc(-c3ccco3)c2)cc1)NCc1ccc2c(c1)C(=O)N(C1CCC(=O)NC1=O)C2=O. The monoisotopic (exact) mass is 754 g/mol. The minimum absolute atomic E-state index is 0.0246. The van der Waals surface area contributed by atoms with E-state index in [2.05, 4.69) is 16.0 Å². The Hall–Kier alpha value is -7.29. The van der Waals surface area contributed by atoms with E-state index < -0.39 is 34.6 Å². The Morgan fingerprint density at radius 3 is 2.29 bits per heavy atom. The van der Waals surface area contributed by atoms with Crippen molar-refractivity contribution in [2.24, 2.45) is 0 Å². The molecule has 15 nitrogen and oxygen atoms in total. The first-order valence-electron chi connectivity index (χ1n) is 17.9. The molecule has 15 heteroatoms. The number of non-ortho nitro benzene ring substituents is 1. The summed E-state index contributed by atoms with van der Waals surface area (Å²) in [6.07, 6.45) is 2.93. The van der Waals surface area contributed by atoms with Crippen LogP contribution in [0.2, 0.25) is 0 Å². The third kappa shape index (κ3) is 7.96. The molecule has 1 atom stereocenters. The molecule has 3 N–H and O–H groups in total. The number of hydrogen-bond acceptors (Lipinski definition) is 10. The lowest BCUT2D eigenvalue weighted by Crippen LogP contribution is -2.54. The molecule has 2 aliphatic rings. The van der Waals surface area contributed by atoms with E-state index in [-0.39, 0.29) is 54.4 Å². The largest absolute Gasteiger partial charge is 0.463 e. The quantitative estimate of drug-likeness (QED) is 0.0619. The molecule has 56 heavy (non-hydrogen) atoms. The van der Waals surface area contributed by atoms with Gasteiger partial charge in [-0.2, -0.15) is 0 Å². The van der Waals surface area contributed by atoms with E-state index in [4.69, 9.17) is 9.40 Å². The molecular weight excluding hydrogens is 720 g/mol. The fourth-order valence-corrected chi connectivity index (χ4v) is 6.60. The van der Waals surface area contributed by atoms with E-state index in [1.165, 1.54) is 24.3 Å². The first kappa shape index (κ1) is 37.0. The number of amides is 6. The summed E-state index contributed by atoms with van der Waals surface area (Å²) in [4.78, 5) is 91.5. The highest BCUT2D eigenvalue weighted by Crippen LogP contribution is 2.32. The van der Waals surface area contributed by atoms with Crippen molar-refractivity contribution in [2.45, 2.75) is 44.7 Å². The highest BCUT2D eigenvalue weighted by atomic mass is 16.6. The van der Waals surface area contributed by atoms with Gasteiger partial charge in [0.2, 0.25) is 17.7 Å². The fourth-order valence-electron chi connectivity index (χ4n) is 6.60. The number of nitro groups is 1. The van der Waals surface area contributed by atoms with Crippen LogP contribution in [-0.2, 0) is 20.9 Å². The van der Waals surface area contributed by atoms with Crippen molar-refractivity contribution >= 4 is 41.1 Å². The van der Waals surface area contributed by atoms with Crippen LogP contribution in [0.3, 0.4) is 0 Å². The van der Waals surface area contributed by atoms with Gasteiger partial charge in [-0.25, -0.2) is 4.98 Å². The van der Waals surface area contributed by atoms with Gasteiger partial charge in [-0.3, -0.25) is 49.1 Å². The number of aromatic nitrogens is 1. The van der Waals surface area contributed by atoms with Gasteiger partial charge >= 0.3 is 0 Å². The summed E-state index contributed by atoms with van der Waals surface area (Å²) in [6, 6.07) is 24.1. The summed E-state index contributed by atoms with van der Waals surface area (Å²) < 4.78 is 5.58. The van der Waals surface area contributed by atoms with Gasteiger partial charge in [0.25, 0.3) is 23.4 Å². The van der Waals surface area contributed by atoms with Crippen molar-refractivity contribution < 1.29 is 38.1 Å². The Morgan fingerprint density at radius 1 is 0.839 bits per heavy atom. The summed E-state index contributed by atoms with van der Waals surface area (Å²) in [5.74, 6) is -2.27. The lowest BCUT2D eigenvalue weighted by molar-refractivity contribution is -0.384. The van der Waals surface area contributed by atoms with Crippen molar-refractivity contribution in [2.75, 3.05) is 6.54 Å². The molecule has 0 aliphatic carbocycles. The lowest BCUT2D eigenvalue weighted by atomic mass is 10.00. The topological polar surface area (TPSA) is 211 Å². The first-order valence-corrected chi connectivity index (χ1v) is 17.9. The lowest BCUT2D eigenvalue weighted by Gasteiger charge is -2.27. The Labute approximate surface area is 319 Å². The third-order valence-corrected chi connectivity index (χ3v) is 9.56. The number of benzene rings is 3. The second kappa shape index (κ2) is 16.0. The normalized spacial score (nSPS) is 15.0. The molecule has 4 heterocycles. The maximum absolute atomic E-state index is 13.1. The van der Waals surface area contributed by atoms with E-state index in [1.807, 2.05) is 24.3 Å². The predicted molar refractivity (Wildman–Crippen MR) is 201 cm³/mol. The van der Waals surface area contributed by atoms with Crippen LogP contribution >= 0.6 is 0 Å². The summed E-state index contributed by atoms with van der Waals surface area (Å²) >= 11 is 0. The number of pyridine rings is 1. The molecule has 1 unspecified atom stereocenters. The number of nitrogens with one attached hydrogen (secondary N) is 3. The van der Waals surface area contributed by atoms with Crippen LogP contribution in [-0.4, -0.2) is 62.8 Å².